The molecule has 0 saturated carbocycles. The monoisotopic (exact) mass is 209 g/mol. The van der Waals surface area contributed by atoms with Crippen LogP contribution in [0.4, 0.5) is 5.69 Å². The van der Waals surface area contributed by atoms with Crippen LogP contribution in [0.25, 0.3) is 0 Å². The second-order valence-corrected chi connectivity index (χ2v) is 2.88. The number of anilines is 1. The second-order valence-electron chi connectivity index (χ2n) is 2.52. The van der Waals surface area contributed by atoms with Crippen LogP contribution in [-0.2, 0) is 4.79 Å². The van der Waals surface area contributed by atoms with Crippen molar-refractivity contribution in [3.8, 4) is 11.8 Å². The molecule has 0 aromatic carbocycles. The molecule has 1 rings (SSSR count). The first-order valence-electron chi connectivity index (χ1n) is 3.79. The highest BCUT2D eigenvalue weighted by Crippen LogP contribution is 2.14. The minimum Gasteiger partial charge on any atom is -0.396 e. The quantitative estimate of drug-likeness (QED) is 0.523. The van der Waals surface area contributed by atoms with E-state index in [1.165, 1.54) is 0 Å². The summed E-state index contributed by atoms with van der Waals surface area (Å²) in [6.07, 6.45) is 0.00365. The number of nitrogens with zero attached hydrogens (tertiary/aromatic N) is 1. The summed E-state index contributed by atoms with van der Waals surface area (Å²) < 4.78 is 0. The van der Waals surface area contributed by atoms with E-state index in [-0.39, 0.29) is 11.6 Å². The second kappa shape index (κ2) is 4.49. The number of carbonyl (C=O) groups is 1. The largest absolute Gasteiger partial charge is 0.396 e. The van der Waals surface area contributed by atoms with Gasteiger partial charge >= 0.3 is 0 Å². The standard InChI is InChI=1S/C9H8ClN3O/c10-9-7(11)5-4-6(13-9)2-1-3-8(12)14/h4-5H,3,11H2,(H2,12,14). The number of amides is 1. The number of rotatable bonds is 1. The summed E-state index contributed by atoms with van der Waals surface area (Å²) in [6.45, 7) is 0. The molecular weight excluding hydrogens is 202 g/mol. The Hall–Kier alpha value is -1.73. The number of nitrogens with two attached hydrogens (primary N) is 2. The molecule has 5 heteroatoms. The Morgan fingerprint density at radius 1 is 1.57 bits per heavy atom. The molecule has 0 aliphatic rings. The molecule has 72 valence electrons. The zero-order valence-electron chi connectivity index (χ0n) is 7.25. The molecule has 0 saturated heterocycles. The highest BCUT2D eigenvalue weighted by Gasteiger charge is 1.96. The lowest BCUT2D eigenvalue weighted by Crippen LogP contribution is -2.08. The minimum absolute atomic E-state index is 0.00365. The first kappa shape index (κ1) is 10.4. The van der Waals surface area contributed by atoms with Crippen LogP contribution in [0.15, 0.2) is 12.1 Å². The topological polar surface area (TPSA) is 82.0 Å². The van der Waals surface area contributed by atoms with Crippen molar-refractivity contribution in [1.82, 2.24) is 4.98 Å². The molecule has 0 radical (unpaired) electrons. The van der Waals surface area contributed by atoms with Gasteiger partial charge in [0.05, 0.1) is 12.1 Å². The van der Waals surface area contributed by atoms with Crippen LogP contribution < -0.4 is 11.5 Å². The van der Waals surface area contributed by atoms with Crippen molar-refractivity contribution >= 4 is 23.2 Å². The summed E-state index contributed by atoms with van der Waals surface area (Å²) in [5, 5.41) is 0.205. The van der Waals surface area contributed by atoms with E-state index in [0.29, 0.717) is 11.4 Å². The van der Waals surface area contributed by atoms with Crippen LogP contribution in [0.2, 0.25) is 5.15 Å². The van der Waals surface area contributed by atoms with Crippen LogP contribution in [0.3, 0.4) is 0 Å². The van der Waals surface area contributed by atoms with Crippen molar-refractivity contribution in [3.63, 3.8) is 0 Å². The van der Waals surface area contributed by atoms with E-state index in [2.05, 4.69) is 16.8 Å². The van der Waals surface area contributed by atoms with Gasteiger partial charge in [-0.15, -0.1) is 0 Å². The van der Waals surface area contributed by atoms with Crippen molar-refractivity contribution in [2.45, 2.75) is 6.42 Å². The summed E-state index contributed by atoms with van der Waals surface area (Å²) >= 11 is 5.66. The Morgan fingerprint density at radius 3 is 2.86 bits per heavy atom. The van der Waals surface area contributed by atoms with Crippen molar-refractivity contribution < 1.29 is 4.79 Å². The summed E-state index contributed by atoms with van der Waals surface area (Å²) in [5.41, 5.74) is 11.2. The SMILES string of the molecule is NC(=O)CC#Cc1ccc(N)c(Cl)n1. The average Bonchev–Trinajstić information content (AvgIpc) is 2.10. The van der Waals surface area contributed by atoms with Gasteiger partial charge in [-0.25, -0.2) is 4.98 Å². The van der Waals surface area contributed by atoms with Crippen LogP contribution >= 0.6 is 11.6 Å². The van der Waals surface area contributed by atoms with Gasteiger partial charge in [0.15, 0.2) is 5.15 Å². The zero-order chi connectivity index (χ0) is 10.6. The zero-order valence-corrected chi connectivity index (χ0v) is 8.01. The van der Waals surface area contributed by atoms with Crippen LogP contribution in [0.5, 0.6) is 0 Å². The highest BCUT2D eigenvalue weighted by atomic mass is 35.5. The van der Waals surface area contributed by atoms with E-state index in [4.69, 9.17) is 23.1 Å². The number of primary amides is 1. The van der Waals surface area contributed by atoms with Gasteiger partial charge in [0.1, 0.15) is 5.69 Å². The van der Waals surface area contributed by atoms with Gasteiger partial charge in [0.2, 0.25) is 5.91 Å². The van der Waals surface area contributed by atoms with E-state index in [0.717, 1.165) is 0 Å². The molecule has 14 heavy (non-hydrogen) atoms. The van der Waals surface area contributed by atoms with Gasteiger partial charge in [0, 0.05) is 0 Å². The minimum atomic E-state index is -0.473. The van der Waals surface area contributed by atoms with E-state index < -0.39 is 5.91 Å². The van der Waals surface area contributed by atoms with E-state index >= 15 is 0 Å². The molecule has 1 heterocycles. The predicted octanol–water partition coefficient (Wildman–Crippen LogP) is 0.544. The van der Waals surface area contributed by atoms with E-state index in [9.17, 15) is 4.79 Å². The molecule has 1 aromatic rings. The third-order valence-corrected chi connectivity index (χ3v) is 1.66. The molecule has 0 fully saturated rings. The van der Waals surface area contributed by atoms with E-state index in [1.807, 2.05) is 0 Å². The van der Waals surface area contributed by atoms with Crippen molar-refractivity contribution in [1.29, 1.82) is 0 Å². The number of hydrogen-bond acceptors (Lipinski definition) is 3. The summed E-state index contributed by atoms with van der Waals surface area (Å²) in [7, 11) is 0. The van der Waals surface area contributed by atoms with Gasteiger partial charge in [0.25, 0.3) is 0 Å². The van der Waals surface area contributed by atoms with Gasteiger partial charge < -0.3 is 11.5 Å². The maximum Gasteiger partial charge on any atom is 0.229 e. The normalized spacial score (nSPS) is 8.93. The van der Waals surface area contributed by atoms with Crippen molar-refractivity contribution in [3.05, 3.63) is 23.0 Å². The molecule has 0 unspecified atom stereocenters. The Labute approximate surface area is 86.3 Å². The molecule has 0 aliphatic carbocycles. The first-order valence-corrected chi connectivity index (χ1v) is 4.16. The molecule has 0 atom stereocenters. The van der Waals surface area contributed by atoms with Gasteiger partial charge in [-0.3, -0.25) is 4.79 Å². The molecule has 4 N–H and O–H groups in total. The average molecular weight is 210 g/mol. The summed E-state index contributed by atoms with van der Waals surface area (Å²) in [4.78, 5) is 14.2. The third kappa shape index (κ3) is 2.96. The van der Waals surface area contributed by atoms with Gasteiger partial charge in [-0.05, 0) is 18.1 Å². The molecule has 0 aliphatic heterocycles. The lowest BCUT2D eigenvalue weighted by Gasteiger charge is -1.95. The van der Waals surface area contributed by atoms with Crippen LogP contribution in [0.1, 0.15) is 12.1 Å². The van der Waals surface area contributed by atoms with Crippen molar-refractivity contribution in [2.24, 2.45) is 5.73 Å². The number of carbonyl (C=O) groups excluding carboxylic acids is 1. The summed E-state index contributed by atoms with van der Waals surface area (Å²) in [5.74, 6) is 4.73. The van der Waals surface area contributed by atoms with E-state index in [1.54, 1.807) is 12.1 Å². The Bertz CT molecular complexity index is 420. The fourth-order valence-electron chi connectivity index (χ4n) is 0.737. The lowest BCUT2D eigenvalue weighted by molar-refractivity contribution is -0.117. The molecular formula is C9H8ClN3O. The van der Waals surface area contributed by atoms with Crippen LogP contribution in [0, 0.1) is 11.8 Å². The fraction of sp³-hybridized carbons (Fsp3) is 0.111. The fourth-order valence-corrected chi connectivity index (χ4v) is 0.891. The van der Waals surface area contributed by atoms with Crippen molar-refractivity contribution in [2.75, 3.05) is 5.73 Å². The highest BCUT2D eigenvalue weighted by molar-refractivity contribution is 6.31. The summed E-state index contributed by atoms with van der Waals surface area (Å²) in [6, 6.07) is 3.22. The molecule has 0 spiro atoms. The number of aromatic nitrogens is 1. The Kier molecular flexibility index (Phi) is 3.32. The molecule has 0 bridgehead atoms. The van der Waals surface area contributed by atoms with Crippen LogP contribution in [-0.4, -0.2) is 10.9 Å². The number of hydrogen-bond donors (Lipinski definition) is 2. The van der Waals surface area contributed by atoms with Gasteiger partial charge in [-0.1, -0.05) is 17.5 Å². The molecule has 1 aromatic heterocycles. The number of halogens is 1. The maximum absolute atomic E-state index is 10.4. The number of pyridine rings is 1. The smallest absolute Gasteiger partial charge is 0.229 e. The maximum atomic E-state index is 10.4. The Balaban J connectivity index is 2.81. The predicted molar refractivity (Wildman–Crippen MR) is 54.3 cm³/mol. The third-order valence-electron chi connectivity index (χ3n) is 1.36. The van der Waals surface area contributed by atoms with Gasteiger partial charge in [-0.2, -0.15) is 0 Å². The number of nitrogen functional groups attached to an aromatic ring is 1. The lowest BCUT2D eigenvalue weighted by atomic mass is 10.3. The molecule has 1 amide bonds. The Morgan fingerprint density at radius 2 is 2.29 bits per heavy atom. The molecule has 4 nitrogen and oxygen atoms in total. The first-order chi connectivity index (χ1) is 6.59.